The molecule has 1 spiro atoms. The number of pyridine rings is 1. The highest BCUT2D eigenvalue weighted by Gasteiger charge is 2.50. The van der Waals surface area contributed by atoms with E-state index in [1.54, 1.807) is 18.3 Å². The van der Waals surface area contributed by atoms with Crippen LogP contribution in [0.1, 0.15) is 31.4 Å². The maximum atomic E-state index is 12.3. The SMILES string of the molecule is CN1CCC(C(=O)NCc2ncccc2Cl)CC12CC2. The lowest BCUT2D eigenvalue weighted by Gasteiger charge is -2.37. The number of likely N-dealkylation sites (tertiary alicyclic amines) is 1. The molecule has 4 nitrogen and oxygen atoms in total. The van der Waals surface area contributed by atoms with E-state index in [9.17, 15) is 4.79 Å². The van der Waals surface area contributed by atoms with Gasteiger partial charge in [0, 0.05) is 17.7 Å². The molecule has 1 saturated heterocycles. The van der Waals surface area contributed by atoms with Crippen molar-refractivity contribution in [1.82, 2.24) is 15.2 Å². The standard InChI is InChI=1S/C15H20ClN3O/c1-19-8-4-11(9-15(19)5-6-15)14(20)18-10-13-12(16)3-2-7-17-13/h2-3,7,11H,4-6,8-10H2,1H3,(H,18,20). The molecule has 1 atom stereocenters. The molecule has 20 heavy (non-hydrogen) atoms. The van der Waals surface area contributed by atoms with Crippen molar-refractivity contribution in [2.75, 3.05) is 13.6 Å². The molecule has 1 aromatic rings. The average Bonchev–Trinajstić information content (AvgIpc) is 3.21. The summed E-state index contributed by atoms with van der Waals surface area (Å²) >= 11 is 6.05. The molecule has 0 aromatic carbocycles. The van der Waals surface area contributed by atoms with E-state index in [1.807, 2.05) is 0 Å². The minimum absolute atomic E-state index is 0.135. The van der Waals surface area contributed by atoms with Crippen LogP contribution in [0.5, 0.6) is 0 Å². The summed E-state index contributed by atoms with van der Waals surface area (Å²) in [5.41, 5.74) is 1.06. The number of carbonyl (C=O) groups excluding carboxylic acids is 1. The minimum Gasteiger partial charge on any atom is -0.350 e. The molecule has 3 rings (SSSR count). The zero-order chi connectivity index (χ0) is 14.2. The summed E-state index contributed by atoms with van der Waals surface area (Å²) in [4.78, 5) is 18.9. The van der Waals surface area contributed by atoms with Crippen LogP contribution in [0, 0.1) is 5.92 Å². The van der Waals surface area contributed by atoms with Gasteiger partial charge in [-0.2, -0.15) is 0 Å². The number of nitrogens with one attached hydrogen (secondary N) is 1. The molecule has 2 aliphatic rings. The van der Waals surface area contributed by atoms with Gasteiger partial charge in [0.15, 0.2) is 0 Å². The van der Waals surface area contributed by atoms with Gasteiger partial charge in [-0.3, -0.25) is 9.78 Å². The number of hydrogen-bond donors (Lipinski definition) is 1. The largest absolute Gasteiger partial charge is 0.350 e. The fourth-order valence-corrected chi connectivity index (χ4v) is 3.31. The molecule has 1 aliphatic carbocycles. The van der Waals surface area contributed by atoms with E-state index in [2.05, 4.69) is 22.2 Å². The van der Waals surface area contributed by atoms with E-state index in [0.29, 0.717) is 17.1 Å². The van der Waals surface area contributed by atoms with E-state index < -0.39 is 0 Å². The molecule has 5 heteroatoms. The Kier molecular flexibility index (Phi) is 3.69. The molecular formula is C15H20ClN3O. The number of halogens is 1. The second kappa shape index (κ2) is 5.34. The topological polar surface area (TPSA) is 45.2 Å². The third-order valence-electron chi connectivity index (χ3n) is 4.71. The Morgan fingerprint density at radius 2 is 2.40 bits per heavy atom. The van der Waals surface area contributed by atoms with Crippen LogP contribution in [-0.2, 0) is 11.3 Å². The van der Waals surface area contributed by atoms with Crippen molar-refractivity contribution in [3.8, 4) is 0 Å². The number of hydrogen-bond acceptors (Lipinski definition) is 3. The Morgan fingerprint density at radius 3 is 3.10 bits per heavy atom. The highest BCUT2D eigenvalue weighted by molar-refractivity contribution is 6.31. The zero-order valence-corrected chi connectivity index (χ0v) is 12.5. The molecule has 0 radical (unpaired) electrons. The van der Waals surface area contributed by atoms with E-state index in [4.69, 9.17) is 11.6 Å². The monoisotopic (exact) mass is 293 g/mol. The Labute approximate surface area is 124 Å². The second-order valence-electron chi connectivity index (χ2n) is 5.99. The van der Waals surface area contributed by atoms with Crippen LogP contribution >= 0.6 is 11.6 Å². The summed E-state index contributed by atoms with van der Waals surface area (Å²) in [6.07, 6.45) is 6.10. The van der Waals surface area contributed by atoms with Crippen LogP contribution in [-0.4, -0.2) is 34.9 Å². The number of amides is 1. The Hall–Kier alpha value is -1.13. The normalized spacial score (nSPS) is 24.6. The Morgan fingerprint density at radius 1 is 1.60 bits per heavy atom. The van der Waals surface area contributed by atoms with Gasteiger partial charge in [-0.05, 0) is 51.4 Å². The summed E-state index contributed by atoms with van der Waals surface area (Å²) in [6.45, 7) is 1.43. The molecule has 1 aromatic heterocycles. The first-order chi connectivity index (χ1) is 9.61. The Balaban J connectivity index is 1.56. The number of nitrogens with zero attached hydrogens (tertiary/aromatic N) is 2. The zero-order valence-electron chi connectivity index (χ0n) is 11.7. The van der Waals surface area contributed by atoms with Crippen molar-refractivity contribution in [2.45, 2.75) is 37.8 Å². The quantitative estimate of drug-likeness (QED) is 0.929. The molecule has 1 aliphatic heterocycles. The number of piperidine rings is 1. The summed E-state index contributed by atoms with van der Waals surface area (Å²) in [6, 6.07) is 3.59. The van der Waals surface area contributed by atoms with Crippen LogP contribution in [0.25, 0.3) is 0 Å². The van der Waals surface area contributed by atoms with Gasteiger partial charge >= 0.3 is 0 Å². The molecule has 2 heterocycles. The number of aromatic nitrogens is 1. The van der Waals surface area contributed by atoms with Gasteiger partial charge < -0.3 is 10.2 Å². The van der Waals surface area contributed by atoms with Gasteiger partial charge in [-0.15, -0.1) is 0 Å². The van der Waals surface area contributed by atoms with Gasteiger partial charge in [-0.25, -0.2) is 0 Å². The van der Waals surface area contributed by atoms with E-state index in [0.717, 1.165) is 25.1 Å². The van der Waals surface area contributed by atoms with Crippen molar-refractivity contribution in [3.05, 3.63) is 29.0 Å². The summed E-state index contributed by atoms with van der Waals surface area (Å²) in [5.74, 6) is 0.280. The van der Waals surface area contributed by atoms with Crippen molar-refractivity contribution >= 4 is 17.5 Å². The molecule has 108 valence electrons. The molecule has 1 saturated carbocycles. The maximum absolute atomic E-state index is 12.3. The van der Waals surface area contributed by atoms with Crippen molar-refractivity contribution in [3.63, 3.8) is 0 Å². The van der Waals surface area contributed by atoms with Crippen molar-refractivity contribution < 1.29 is 4.79 Å². The van der Waals surface area contributed by atoms with E-state index in [-0.39, 0.29) is 11.8 Å². The smallest absolute Gasteiger partial charge is 0.223 e. The predicted molar refractivity (Wildman–Crippen MR) is 78.4 cm³/mol. The highest BCUT2D eigenvalue weighted by atomic mass is 35.5. The first-order valence-electron chi connectivity index (χ1n) is 7.19. The Bertz CT molecular complexity index is 516. The average molecular weight is 294 g/mol. The van der Waals surface area contributed by atoms with Gasteiger partial charge in [-0.1, -0.05) is 11.6 Å². The van der Waals surface area contributed by atoms with Crippen LogP contribution in [0.2, 0.25) is 5.02 Å². The molecule has 1 N–H and O–H groups in total. The molecule has 1 unspecified atom stereocenters. The first-order valence-corrected chi connectivity index (χ1v) is 7.57. The van der Waals surface area contributed by atoms with Crippen LogP contribution in [0.3, 0.4) is 0 Å². The highest BCUT2D eigenvalue weighted by Crippen LogP contribution is 2.49. The fourth-order valence-electron chi connectivity index (χ4n) is 3.12. The summed E-state index contributed by atoms with van der Waals surface area (Å²) in [7, 11) is 2.18. The summed E-state index contributed by atoms with van der Waals surface area (Å²) < 4.78 is 0. The minimum atomic E-state index is 0.135. The van der Waals surface area contributed by atoms with E-state index in [1.165, 1.54) is 12.8 Å². The fraction of sp³-hybridized carbons (Fsp3) is 0.600. The van der Waals surface area contributed by atoms with Crippen molar-refractivity contribution in [2.24, 2.45) is 5.92 Å². The lowest BCUT2D eigenvalue weighted by atomic mass is 9.88. The lowest BCUT2D eigenvalue weighted by Crippen LogP contribution is -2.46. The van der Waals surface area contributed by atoms with E-state index >= 15 is 0 Å². The summed E-state index contributed by atoms with van der Waals surface area (Å²) in [5, 5.41) is 3.59. The van der Waals surface area contributed by atoms with Crippen LogP contribution in [0.15, 0.2) is 18.3 Å². The van der Waals surface area contributed by atoms with Gasteiger partial charge in [0.2, 0.25) is 5.91 Å². The second-order valence-corrected chi connectivity index (χ2v) is 6.39. The van der Waals surface area contributed by atoms with Crippen LogP contribution in [0.4, 0.5) is 0 Å². The third-order valence-corrected chi connectivity index (χ3v) is 5.06. The molecule has 2 fully saturated rings. The predicted octanol–water partition coefficient (Wildman–Crippen LogP) is 2.23. The molecular weight excluding hydrogens is 274 g/mol. The van der Waals surface area contributed by atoms with Gasteiger partial charge in [0.1, 0.15) is 0 Å². The molecule has 0 bridgehead atoms. The molecule has 1 amide bonds. The number of rotatable bonds is 3. The van der Waals surface area contributed by atoms with Gasteiger partial charge in [0.25, 0.3) is 0 Å². The van der Waals surface area contributed by atoms with Crippen molar-refractivity contribution in [1.29, 1.82) is 0 Å². The number of carbonyl (C=O) groups is 1. The lowest BCUT2D eigenvalue weighted by molar-refractivity contribution is -0.127. The maximum Gasteiger partial charge on any atom is 0.223 e. The van der Waals surface area contributed by atoms with Gasteiger partial charge in [0.05, 0.1) is 17.3 Å². The van der Waals surface area contributed by atoms with Crippen LogP contribution < -0.4 is 5.32 Å². The third kappa shape index (κ3) is 2.67. The first kappa shape index (κ1) is 13.8.